The van der Waals surface area contributed by atoms with Crippen molar-refractivity contribution >= 4 is 21.6 Å². The van der Waals surface area contributed by atoms with Gasteiger partial charge in [0.25, 0.3) is 0 Å². The standard InChI is InChI=1S/C15H22ClNO2S/c1-11(2)8-14(16)10-17-20(18,19)15-7-6-12-4-3-5-13(12)9-15/h6-7,9,11,14,17H,3-5,8,10H2,1-2H3. The topological polar surface area (TPSA) is 46.2 Å². The van der Waals surface area contributed by atoms with E-state index in [2.05, 4.69) is 18.6 Å². The summed E-state index contributed by atoms with van der Waals surface area (Å²) in [6.45, 7) is 4.42. The van der Waals surface area contributed by atoms with Crippen LogP contribution in [-0.4, -0.2) is 20.3 Å². The van der Waals surface area contributed by atoms with Gasteiger partial charge in [0.1, 0.15) is 0 Å². The zero-order valence-electron chi connectivity index (χ0n) is 12.0. The summed E-state index contributed by atoms with van der Waals surface area (Å²) in [4.78, 5) is 0.353. The maximum Gasteiger partial charge on any atom is 0.240 e. The largest absolute Gasteiger partial charge is 0.240 e. The molecule has 0 spiro atoms. The van der Waals surface area contributed by atoms with Crippen molar-refractivity contribution in [3.05, 3.63) is 29.3 Å². The van der Waals surface area contributed by atoms with Crippen LogP contribution >= 0.6 is 11.6 Å². The van der Waals surface area contributed by atoms with Gasteiger partial charge in [0.15, 0.2) is 0 Å². The summed E-state index contributed by atoms with van der Waals surface area (Å²) < 4.78 is 27.1. The minimum absolute atomic E-state index is 0.167. The minimum atomic E-state index is -3.45. The van der Waals surface area contributed by atoms with Gasteiger partial charge in [-0.2, -0.15) is 0 Å². The SMILES string of the molecule is CC(C)CC(Cl)CNS(=O)(=O)c1ccc2c(c1)CCC2. The molecular weight excluding hydrogens is 294 g/mol. The summed E-state index contributed by atoms with van der Waals surface area (Å²) in [5.74, 6) is 0.460. The Hall–Kier alpha value is -0.580. The van der Waals surface area contributed by atoms with Crippen LogP contribution in [0, 0.1) is 5.92 Å². The van der Waals surface area contributed by atoms with Gasteiger partial charge < -0.3 is 0 Å². The lowest BCUT2D eigenvalue weighted by molar-refractivity contribution is 0.544. The molecule has 0 aliphatic heterocycles. The van der Waals surface area contributed by atoms with Crippen LogP contribution in [0.1, 0.15) is 37.8 Å². The number of halogens is 1. The van der Waals surface area contributed by atoms with Crippen LogP contribution in [0.3, 0.4) is 0 Å². The molecule has 0 aromatic heterocycles. The van der Waals surface area contributed by atoms with Crippen LogP contribution in [0.25, 0.3) is 0 Å². The quantitative estimate of drug-likeness (QED) is 0.820. The Bertz CT molecular complexity index is 569. The Morgan fingerprint density at radius 1 is 1.25 bits per heavy atom. The maximum atomic E-state index is 12.3. The van der Waals surface area contributed by atoms with E-state index in [0.29, 0.717) is 10.8 Å². The van der Waals surface area contributed by atoms with E-state index in [1.165, 1.54) is 5.56 Å². The zero-order valence-corrected chi connectivity index (χ0v) is 13.6. The molecule has 1 N–H and O–H groups in total. The highest BCUT2D eigenvalue weighted by molar-refractivity contribution is 7.89. The van der Waals surface area contributed by atoms with Crippen molar-refractivity contribution in [3.63, 3.8) is 0 Å². The molecule has 1 atom stereocenters. The van der Waals surface area contributed by atoms with E-state index in [9.17, 15) is 8.42 Å². The van der Waals surface area contributed by atoms with Crippen molar-refractivity contribution in [2.45, 2.75) is 49.8 Å². The van der Waals surface area contributed by atoms with Crippen molar-refractivity contribution in [2.75, 3.05) is 6.54 Å². The van der Waals surface area contributed by atoms with Gasteiger partial charge in [0.2, 0.25) is 10.0 Å². The van der Waals surface area contributed by atoms with Crippen LogP contribution in [0.4, 0.5) is 0 Å². The number of fused-ring (bicyclic) bond motifs is 1. The van der Waals surface area contributed by atoms with Crippen LogP contribution in [0.2, 0.25) is 0 Å². The predicted octanol–water partition coefficient (Wildman–Crippen LogP) is 3.11. The summed E-state index contributed by atoms with van der Waals surface area (Å²) in [5, 5.41) is -0.167. The number of hydrogen-bond donors (Lipinski definition) is 1. The number of nitrogens with one attached hydrogen (secondary N) is 1. The fourth-order valence-electron chi connectivity index (χ4n) is 2.59. The minimum Gasteiger partial charge on any atom is -0.210 e. The van der Waals surface area contributed by atoms with Gasteiger partial charge in [0.05, 0.1) is 4.90 Å². The molecule has 0 saturated carbocycles. The molecule has 1 aliphatic rings. The number of hydrogen-bond acceptors (Lipinski definition) is 2. The summed E-state index contributed by atoms with van der Waals surface area (Å²) in [7, 11) is -3.45. The van der Waals surface area contributed by atoms with Gasteiger partial charge in [-0.25, -0.2) is 13.1 Å². The molecule has 5 heteroatoms. The maximum absolute atomic E-state index is 12.3. The summed E-state index contributed by atoms with van der Waals surface area (Å²) >= 11 is 6.14. The lowest BCUT2D eigenvalue weighted by Crippen LogP contribution is -2.30. The highest BCUT2D eigenvalue weighted by atomic mass is 35.5. The van der Waals surface area contributed by atoms with E-state index >= 15 is 0 Å². The molecule has 20 heavy (non-hydrogen) atoms. The smallest absolute Gasteiger partial charge is 0.210 e. The van der Waals surface area contributed by atoms with Gasteiger partial charge in [-0.3, -0.25) is 0 Å². The third-order valence-corrected chi connectivity index (χ3v) is 5.36. The fraction of sp³-hybridized carbons (Fsp3) is 0.600. The lowest BCUT2D eigenvalue weighted by atomic mass is 10.1. The van der Waals surface area contributed by atoms with E-state index in [0.717, 1.165) is 31.2 Å². The van der Waals surface area contributed by atoms with Crippen molar-refractivity contribution < 1.29 is 8.42 Å². The lowest BCUT2D eigenvalue weighted by Gasteiger charge is -2.13. The molecule has 1 aliphatic carbocycles. The van der Waals surface area contributed by atoms with Gasteiger partial charge >= 0.3 is 0 Å². The van der Waals surface area contributed by atoms with E-state index < -0.39 is 10.0 Å². The first kappa shape index (κ1) is 15.8. The molecule has 0 heterocycles. The fourth-order valence-corrected chi connectivity index (χ4v) is 4.25. The number of sulfonamides is 1. The van der Waals surface area contributed by atoms with Crippen molar-refractivity contribution in [1.29, 1.82) is 0 Å². The molecule has 0 fully saturated rings. The van der Waals surface area contributed by atoms with E-state index in [4.69, 9.17) is 11.6 Å². The molecule has 0 amide bonds. The number of benzene rings is 1. The second-order valence-corrected chi connectivity index (χ2v) is 8.25. The Morgan fingerprint density at radius 3 is 2.65 bits per heavy atom. The van der Waals surface area contributed by atoms with Gasteiger partial charge in [-0.1, -0.05) is 19.9 Å². The molecule has 3 nitrogen and oxygen atoms in total. The number of alkyl halides is 1. The molecule has 0 radical (unpaired) electrons. The third kappa shape index (κ3) is 3.96. The van der Waals surface area contributed by atoms with Crippen LogP contribution in [-0.2, 0) is 22.9 Å². The second kappa shape index (κ2) is 6.46. The number of aryl methyl sites for hydroxylation is 2. The Morgan fingerprint density at radius 2 is 1.95 bits per heavy atom. The van der Waals surface area contributed by atoms with Crippen molar-refractivity contribution in [3.8, 4) is 0 Å². The summed E-state index contributed by atoms with van der Waals surface area (Å²) in [6, 6.07) is 5.43. The van der Waals surface area contributed by atoms with Crippen LogP contribution in [0.15, 0.2) is 23.1 Å². The molecule has 0 saturated heterocycles. The molecule has 1 unspecified atom stereocenters. The van der Waals surface area contributed by atoms with E-state index in [1.54, 1.807) is 12.1 Å². The predicted molar refractivity (Wildman–Crippen MR) is 82.8 cm³/mol. The molecular formula is C15H22ClNO2S. The Labute approximate surface area is 126 Å². The van der Waals surface area contributed by atoms with Crippen molar-refractivity contribution in [1.82, 2.24) is 4.72 Å². The normalized spacial score (nSPS) is 16.4. The molecule has 1 aromatic rings. The van der Waals surface area contributed by atoms with Gasteiger partial charge in [-0.15, -0.1) is 11.6 Å². The summed E-state index contributed by atoms with van der Waals surface area (Å²) in [5.41, 5.74) is 2.44. The Kier molecular flexibility index (Phi) is 5.10. The molecule has 2 rings (SSSR count). The highest BCUT2D eigenvalue weighted by Gasteiger charge is 2.19. The molecule has 1 aromatic carbocycles. The van der Waals surface area contributed by atoms with E-state index in [-0.39, 0.29) is 11.9 Å². The molecule has 112 valence electrons. The molecule has 0 bridgehead atoms. The Balaban J connectivity index is 2.03. The number of rotatable bonds is 6. The first-order valence-electron chi connectivity index (χ1n) is 7.14. The van der Waals surface area contributed by atoms with Gasteiger partial charge in [-0.05, 0) is 54.9 Å². The van der Waals surface area contributed by atoms with E-state index in [1.807, 2.05) is 6.07 Å². The first-order chi connectivity index (χ1) is 9.38. The average Bonchev–Trinajstić information content (AvgIpc) is 2.83. The first-order valence-corrected chi connectivity index (χ1v) is 9.06. The zero-order chi connectivity index (χ0) is 14.8. The van der Waals surface area contributed by atoms with Crippen molar-refractivity contribution in [2.24, 2.45) is 5.92 Å². The summed E-state index contributed by atoms with van der Waals surface area (Å²) in [6.07, 6.45) is 3.95. The second-order valence-electron chi connectivity index (χ2n) is 5.86. The highest BCUT2D eigenvalue weighted by Crippen LogP contribution is 2.24. The van der Waals surface area contributed by atoms with Crippen LogP contribution in [0.5, 0.6) is 0 Å². The van der Waals surface area contributed by atoms with Crippen LogP contribution < -0.4 is 4.72 Å². The van der Waals surface area contributed by atoms with Gasteiger partial charge in [0, 0.05) is 11.9 Å². The monoisotopic (exact) mass is 315 g/mol. The third-order valence-electron chi connectivity index (χ3n) is 3.60. The average molecular weight is 316 g/mol.